The van der Waals surface area contributed by atoms with Crippen molar-refractivity contribution in [2.75, 3.05) is 13.1 Å². The SMILES string of the molecule is CCNCC1CC1c1ccc(C(F)(F)F)cc1. The predicted molar refractivity (Wildman–Crippen MR) is 60.8 cm³/mol. The van der Waals surface area contributed by atoms with Gasteiger partial charge in [0, 0.05) is 0 Å². The molecule has 1 aromatic rings. The van der Waals surface area contributed by atoms with Crippen LogP contribution in [0.1, 0.15) is 30.4 Å². The van der Waals surface area contributed by atoms with Crippen LogP contribution < -0.4 is 5.32 Å². The summed E-state index contributed by atoms with van der Waals surface area (Å²) in [4.78, 5) is 0. The molecule has 2 rings (SSSR count). The van der Waals surface area contributed by atoms with E-state index in [1.54, 1.807) is 12.1 Å². The second-order valence-corrected chi connectivity index (χ2v) is 4.53. The lowest BCUT2D eigenvalue weighted by atomic mass is 10.1. The highest BCUT2D eigenvalue weighted by Crippen LogP contribution is 2.47. The van der Waals surface area contributed by atoms with Crippen molar-refractivity contribution in [3.63, 3.8) is 0 Å². The summed E-state index contributed by atoms with van der Waals surface area (Å²) < 4.78 is 37.1. The monoisotopic (exact) mass is 243 g/mol. The molecule has 17 heavy (non-hydrogen) atoms. The van der Waals surface area contributed by atoms with E-state index in [0.29, 0.717) is 11.8 Å². The molecule has 1 aliphatic rings. The van der Waals surface area contributed by atoms with Crippen LogP contribution in [0.15, 0.2) is 24.3 Å². The van der Waals surface area contributed by atoms with Gasteiger partial charge < -0.3 is 5.32 Å². The summed E-state index contributed by atoms with van der Waals surface area (Å²) in [7, 11) is 0. The topological polar surface area (TPSA) is 12.0 Å². The van der Waals surface area contributed by atoms with E-state index in [2.05, 4.69) is 12.2 Å². The lowest BCUT2D eigenvalue weighted by molar-refractivity contribution is -0.137. The van der Waals surface area contributed by atoms with Gasteiger partial charge in [0.05, 0.1) is 5.56 Å². The van der Waals surface area contributed by atoms with Crippen molar-refractivity contribution in [2.45, 2.75) is 25.4 Å². The van der Waals surface area contributed by atoms with Gasteiger partial charge in [-0.25, -0.2) is 0 Å². The molecule has 0 amide bonds. The summed E-state index contributed by atoms with van der Waals surface area (Å²) in [5.74, 6) is 1.03. The molecule has 0 bridgehead atoms. The van der Waals surface area contributed by atoms with Crippen molar-refractivity contribution in [1.82, 2.24) is 5.32 Å². The molecule has 0 saturated heterocycles. The molecule has 0 spiro atoms. The first-order valence-electron chi connectivity index (χ1n) is 5.90. The number of benzene rings is 1. The van der Waals surface area contributed by atoms with E-state index in [1.807, 2.05) is 0 Å². The lowest BCUT2D eigenvalue weighted by Gasteiger charge is -2.07. The van der Waals surface area contributed by atoms with Gasteiger partial charge in [0.1, 0.15) is 0 Å². The standard InChI is InChI=1S/C13H16F3N/c1-2-17-8-10-7-12(10)9-3-5-11(6-4-9)13(14,15)16/h3-6,10,12,17H,2,7-8H2,1H3. The second-order valence-electron chi connectivity index (χ2n) is 4.53. The molecular formula is C13H16F3N. The fraction of sp³-hybridized carbons (Fsp3) is 0.538. The molecule has 1 fully saturated rings. The summed E-state index contributed by atoms with van der Waals surface area (Å²) in [5.41, 5.74) is 0.464. The summed E-state index contributed by atoms with van der Waals surface area (Å²) in [6.45, 7) is 3.95. The molecule has 1 saturated carbocycles. The Morgan fingerprint density at radius 3 is 2.41 bits per heavy atom. The minimum atomic E-state index is -4.23. The van der Waals surface area contributed by atoms with Gasteiger partial charge in [0.15, 0.2) is 0 Å². The molecule has 0 aliphatic heterocycles. The van der Waals surface area contributed by atoms with Crippen LogP contribution in [-0.2, 0) is 6.18 Å². The van der Waals surface area contributed by atoms with Crippen LogP contribution in [0, 0.1) is 5.92 Å². The molecule has 0 aromatic heterocycles. The summed E-state index contributed by atoms with van der Waals surface area (Å²) in [6.07, 6.45) is -3.15. The van der Waals surface area contributed by atoms with Crippen molar-refractivity contribution in [3.8, 4) is 0 Å². The zero-order valence-corrected chi connectivity index (χ0v) is 9.72. The van der Waals surface area contributed by atoms with E-state index < -0.39 is 11.7 Å². The molecule has 1 aliphatic carbocycles. The van der Waals surface area contributed by atoms with Crippen molar-refractivity contribution in [3.05, 3.63) is 35.4 Å². The summed E-state index contributed by atoms with van der Waals surface area (Å²) in [5, 5.41) is 3.27. The van der Waals surface area contributed by atoms with Crippen molar-refractivity contribution in [1.29, 1.82) is 0 Å². The third-order valence-electron chi connectivity index (χ3n) is 3.25. The highest BCUT2D eigenvalue weighted by molar-refractivity contribution is 5.30. The highest BCUT2D eigenvalue weighted by atomic mass is 19.4. The maximum atomic E-state index is 12.4. The Hall–Kier alpha value is -1.03. The van der Waals surface area contributed by atoms with Crippen LogP contribution in [0.3, 0.4) is 0 Å². The Kier molecular flexibility index (Phi) is 3.43. The van der Waals surface area contributed by atoms with Gasteiger partial charge >= 0.3 is 6.18 Å². The van der Waals surface area contributed by atoms with Crippen LogP contribution in [0.25, 0.3) is 0 Å². The van der Waals surface area contributed by atoms with E-state index in [1.165, 1.54) is 12.1 Å². The second kappa shape index (κ2) is 4.69. The Morgan fingerprint density at radius 2 is 1.88 bits per heavy atom. The van der Waals surface area contributed by atoms with Gasteiger partial charge in [-0.15, -0.1) is 0 Å². The molecule has 4 heteroatoms. The number of hydrogen-bond donors (Lipinski definition) is 1. The molecular weight excluding hydrogens is 227 g/mol. The van der Waals surface area contributed by atoms with Gasteiger partial charge in [-0.1, -0.05) is 19.1 Å². The number of rotatable bonds is 4. The van der Waals surface area contributed by atoms with Crippen LogP contribution in [0.4, 0.5) is 13.2 Å². The van der Waals surface area contributed by atoms with E-state index >= 15 is 0 Å². The zero-order valence-electron chi connectivity index (χ0n) is 9.72. The molecule has 0 heterocycles. The Labute approximate surface area is 99.0 Å². The smallest absolute Gasteiger partial charge is 0.317 e. The number of nitrogens with one attached hydrogen (secondary N) is 1. The normalized spacial score (nSPS) is 23.8. The van der Waals surface area contributed by atoms with E-state index in [9.17, 15) is 13.2 Å². The van der Waals surface area contributed by atoms with Crippen LogP contribution >= 0.6 is 0 Å². The minimum Gasteiger partial charge on any atom is -0.317 e. The summed E-state index contributed by atoms with van der Waals surface area (Å²) >= 11 is 0. The molecule has 94 valence electrons. The number of hydrogen-bond acceptors (Lipinski definition) is 1. The molecule has 1 nitrogen and oxygen atoms in total. The average molecular weight is 243 g/mol. The fourth-order valence-corrected chi connectivity index (χ4v) is 2.13. The average Bonchev–Trinajstić information content (AvgIpc) is 3.05. The van der Waals surface area contributed by atoms with Crippen molar-refractivity contribution < 1.29 is 13.2 Å². The Morgan fingerprint density at radius 1 is 1.24 bits per heavy atom. The lowest BCUT2D eigenvalue weighted by Crippen LogP contribution is -2.16. The Balaban J connectivity index is 1.96. The first-order chi connectivity index (χ1) is 8.02. The molecule has 2 unspecified atom stereocenters. The van der Waals surface area contributed by atoms with Gasteiger partial charge in [0.2, 0.25) is 0 Å². The first kappa shape index (κ1) is 12.4. The maximum Gasteiger partial charge on any atom is 0.416 e. The molecule has 1 N–H and O–H groups in total. The minimum absolute atomic E-state index is 0.441. The molecule has 0 radical (unpaired) electrons. The van der Waals surface area contributed by atoms with E-state index in [0.717, 1.165) is 25.1 Å². The third kappa shape index (κ3) is 3.00. The molecule has 2 atom stereocenters. The maximum absolute atomic E-state index is 12.4. The number of alkyl halides is 3. The van der Waals surface area contributed by atoms with Gasteiger partial charge in [-0.2, -0.15) is 13.2 Å². The van der Waals surface area contributed by atoms with E-state index in [-0.39, 0.29) is 0 Å². The Bertz CT molecular complexity index is 369. The highest BCUT2D eigenvalue weighted by Gasteiger charge is 2.38. The predicted octanol–water partition coefficient (Wildman–Crippen LogP) is 3.42. The van der Waals surface area contributed by atoms with E-state index in [4.69, 9.17) is 0 Å². The quantitative estimate of drug-likeness (QED) is 0.854. The van der Waals surface area contributed by atoms with Crippen molar-refractivity contribution >= 4 is 0 Å². The van der Waals surface area contributed by atoms with Gasteiger partial charge in [-0.3, -0.25) is 0 Å². The first-order valence-corrected chi connectivity index (χ1v) is 5.90. The van der Waals surface area contributed by atoms with Crippen LogP contribution in [0.5, 0.6) is 0 Å². The number of halogens is 3. The van der Waals surface area contributed by atoms with Crippen LogP contribution in [-0.4, -0.2) is 13.1 Å². The van der Waals surface area contributed by atoms with Gasteiger partial charge in [-0.05, 0) is 49.0 Å². The van der Waals surface area contributed by atoms with Crippen molar-refractivity contribution in [2.24, 2.45) is 5.92 Å². The largest absolute Gasteiger partial charge is 0.416 e. The zero-order chi connectivity index (χ0) is 12.5. The van der Waals surface area contributed by atoms with Crippen LogP contribution in [0.2, 0.25) is 0 Å². The molecule has 1 aromatic carbocycles. The summed E-state index contributed by atoms with van der Waals surface area (Å²) in [6, 6.07) is 5.58. The van der Waals surface area contributed by atoms with Gasteiger partial charge in [0.25, 0.3) is 0 Å². The fourth-order valence-electron chi connectivity index (χ4n) is 2.13. The third-order valence-corrected chi connectivity index (χ3v) is 3.25.